The average Bonchev–Trinajstić information content (AvgIpc) is 2.77. The minimum absolute atomic E-state index is 0.0270. The van der Waals surface area contributed by atoms with Gasteiger partial charge in [0.15, 0.2) is 0 Å². The third-order valence-corrected chi connectivity index (χ3v) is 6.36. The SMILES string of the molecule is COc1cccc(C2(NC[C@@H](O)[C@H](Cc3ccccc3)NC(C)(C)C)CCCCC2)c1. The second kappa shape index (κ2) is 10.6. The zero-order valence-corrected chi connectivity index (χ0v) is 19.7. The highest BCUT2D eigenvalue weighted by Crippen LogP contribution is 2.38. The quantitative estimate of drug-likeness (QED) is 0.541. The lowest BCUT2D eigenvalue weighted by molar-refractivity contribution is 0.0926. The third kappa shape index (κ3) is 6.80. The van der Waals surface area contributed by atoms with E-state index in [1.54, 1.807) is 7.11 Å². The fourth-order valence-corrected chi connectivity index (χ4v) is 4.79. The molecule has 1 aliphatic rings. The third-order valence-electron chi connectivity index (χ3n) is 6.36. The Balaban J connectivity index is 1.76. The Labute approximate surface area is 188 Å². The summed E-state index contributed by atoms with van der Waals surface area (Å²) in [6.07, 6.45) is 6.16. The normalized spacial score (nSPS) is 18.4. The molecule has 2 atom stereocenters. The molecule has 31 heavy (non-hydrogen) atoms. The van der Waals surface area contributed by atoms with Crippen molar-refractivity contribution in [3.63, 3.8) is 0 Å². The van der Waals surface area contributed by atoms with Crippen LogP contribution in [0.1, 0.15) is 64.0 Å². The maximum atomic E-state index is 11.3. The predicted octanol–water partition coefficient (Wildman–Crippen LogP) is 4.80. The zero-order chi connectivity index (χ0) is 22.3. The lowest BCUT2D eigenvalue weighted by Gasteiger charge is -2.41. The molecular formula is C27H40N2O2. The van der Waals surface area contributed by atoms with Crippen LogP contribution in [0.2, 0.25) is 0 Å². The molecule has 1 saturated carbocycles. The van der Waals surface area contributed by atoms with E-state index in [2.05, 4.69) is 73.9 Å². The molecule has 0 aliphatic heterocycles. The van der Waals surface area contributed by atoms with Crippen LogP contribution in [0, 0.1) is 0 Å². The van der Waals surface area contributed by atoms with E-state index in [0.717, 1.165) is 25.0 Å². The number of methoxy groups -OCH3 is 1. The van der Waals surface area contributed by atoms with Crippen molar-refractivity contribution >= 4 is 0 Å². The summed E-state index contributed by atoms with van der Waals surface area (Å²) in [5, 5.41) is 18.7. The van der Waals surface area contributed by atoms with Gasteiger partial charge in [-0.15, -0.1) is 0 Å². The first-order valence-electron chi connectivity index (χ1n) is 11.7. The second-order valence-corrected chi connectivity index (χ2v) is 10.0. The van der Waals surface area contributed by atoms with E-state index in [1.165, 1.54) is 30.4 Å². The monoisotopic (exact) mass is 424 g/mol. The van der Waals surface area contributed by atoms with Gasteiger partial charge in [-0.3, -0.25) is 0 Å². The second-order valence-electron chi connectivity index (χ2n) is 10.0. The number of nitrogens with one attached hydrogen (secondary N) is 2. The van der Waals surface area contributed by atoms with Gasteiger partial charge < -0.3 is 20.5 Å². The van der Waals surface area contributed by atoms with E-state index in [1.807, 2.05) is 12.1 Å². The highest BCUT2D eigenvalue weighted by atomic mass is 16.5. The van der Waals surface area contributed by atoms with Gasteiger partial charge in [0.25, 0.3) is 0 Å². The summed E-state index contributed by atoms with van der Waals surface area (Å²) in [6, 6.07) is 18.8. The maximum absolute atomic E-state index is 11.3. The van der Waals surface area contributed by atoms with Crippen LogP contribution < -0.4 is 15.4 Å². The number of aliphatic hydroxyl groups is 1. The first-order chi connectivity index (χ1) is 14.8. The topological polar surface area (TPSA) is 53.5 Å². The summed E-state index contributed by atoms with van der Waals surface area (Å²) in [7, 11) is 1.72. The van der Waals surface area contributed by atoms with Gasteiger partial charge >= 0.3 is 0 Å². The molecular weight excluding hydrogens is 384 g/mol. The molecule has 0 spiro atoms. The van der Waals surface area contributed by atoms with Crippen molar-refractivity contribution in [3.05, 3.63) is 65.7 Å². The molecule has 0 amide bonds. The molecule has 1 fully saturated rings. The Kier molecular flexibility index (Phi) is 8.15. The summed E-state index contributed by atoms with van der Waals surface area (Å²) in [4.78, 5) is 0. The van der Waals surface area contributed by atoms with Crippen LogP contribution in [-0.2, 0) is 12.0 Å². The van der Waals surface area contributed by atoms with Gasteiger partial charge in [0.2, 0.25) is 0 Å². The zero-order valence-electron chi connectivity index (χ0n) is 19.7. The van der Waals surface area contributed by atoms with Gasteiger partial charge in [-0.05, 0) is 63.3 Å². The van der Waals surface area contributed by atoms with Crippen molar-refractivity contribution in [1.29, 1.82) is 0 Å². The lowest BCUT2D eigenvalue weighted by Crippen LogP contribution is -2.55. The molecule has 2 aromatic rings. The first-order valence-corrected chi connectivity index (χ1v) is 11.7. The number of benzene rings is 2. The number of hydrogen-bond acceptors (Lipinski definition) is 4. The molecule has 0 saturated heterocycles. The first kappa shape index (κ1) is 23.8. The van der Waals surface area contributed by atoms with E-state index >= 15 is 0 Å². The Bertz CT molecular complexity index is 794. The molecule has 0 radical (unpaired) electrons. The number of rotatable bonds is 9. The molecule has 3 rings (SSSR count). The van der Waals surface area contributed by atoms with Crippen molar-refractivity contribution in [2.45, 2.75) is 82.5 Å². The summed E-state index contributed by atoms with van der Waals surface area (Å²) < 4.78 is 5.49. The number of hydrogen-bond donors (Lipinski definition) is 3. The number of aliphatic hydroxyl groups excluding tert-OH is 1. The van der Waals surface area contributed by atoms with Crippen LogP contribution in [0.25, 0.3) is 0 Å². The summed E-state index contributed by atoms with van der Waals surface area (Å²) in [5.41, 5.74) is 2.33. The molecule has 0 aromatic heterocycles. The fraction of sp³-hybridized carbons (Fsp3) is 0.556. The molecule has 0 unspecified atom stereocenters. The lowest BCUT2D eigenvalue weighted by atomic mass is 9.76. The molecule has 0 heterocycles. The summed E-state index contributed by atoms with van der Waals surface area (Å²) in [6.45, 7) is 7.02. The average molecular weight is 425 g/mol. The van der Waals surface area contributed by atoms with Crippen LogP contribution in [0.5, 0.6) is 5.75 Å². The van der Waals surface area contributed by atoms with Crippen LogP contribution in [-0.4, -0.2) is 36.4 Å². The number of ether oxygens (including phenoxy) is 1. The molecule has 4 nitrogen and oxygen atoms in total. The van der Waals surface area contributed by atoms with E-state index < -0.39 is 6.10 Å². The van der Waals surface area contributed by atoms with Crippen molar-refractivity contribution in [3.8, 4) is 5.75 Å². The fourth-order valence-electron chi connectivity index (χ4n) is 4.79. The Morgan fingerprint density at radius 3 is 2.35 bits per heavy atom. The standard InChI is InChI=1S/C27H40N2O2/c1-26(2,3)29-24(18-21-12-7-5-8-13-21)25(30)20-28-27(16-9-6-10-17-27)22-14-11-15-23(19-22)31-4/h5,7-8,11-15,19,24-25,28-30H,6,9-10,16-18,20H2,1-4H3/t24-,25+/m0/s1. The minimum Gasteiger partial charge on any atom is -0.497 e. The molecule has 4 heteroatoms. The maximum Gasteiger partial charge on any atom is 0.119 e. The van der Waals surface area contributed by atoms with Gasteiger partial charge in [0.05, 0.1) is 13.2 Å². The van der Waals surface area contributed by atoms with Crippen LogP contribution in [0.4, 0.5) is 0 Å². The predicted molar refractivity (Wildman–Crippen MR) is 129 cm³/mol. The van der Waals surface area contributed by atoms with E-state index in [9.17, 15) is 5.11 Å². The smallest absolute Gasteiger partial charge is 0.119 e. The highest BCUT2D eigenvalue weighted by Gasteiger charge is 2.35. The van der Waals surface area contributed by atoms with E-state index in [4.69, 9.17) is 4.74 Å². The largest absolute Gasteiger partial charge is 0.497 e. The Hall–Kier alpha value is -1.88. The van der Waals surface area contributed by atoms with Gasteiger partial charge in [-0.1, -0.05) is 61.7 Å². The van der Waals surface area contributed by atoms with Gasteiger partial charge in [0.1, 0.15) is 5.75 Å². The molecule has 1 aliphatic carbocycles. The van der Waals surface area contributed by atoms with Crippen LogP contribution in [0.15, 0.2) is 54.6 Å². The summed E-state index contributed by atoms with van der Waals surface area (Å²) in [5.74, 6) is 0.890. The molecule has 0 bridgehead atoms. The van der Waals surface area contributed by atoms with Crippen molar-refractivity contribution in [2.75, 3.05) is 13.7 Å². The molecule has 170 valence electrons. The van der Waals surface area contributed by atoms with Gasteiger partial charge in [-0.2, -0.15) is 0 Å². The van der Waals surface area contributed by atoms with Crippen molar-refractivity contribution < 1.29 is 9.84 Å². The minimum atomic E-state index is -0.496. The van der Waals surface area contributed by atoms with Crippen molar-refractivity contribution in [2.24, 2.45) is 0 Å². The molecule has 2 aromatic carbocycles. The van der Waals surface area contributed by atoms with Crippen molar-refractivity contribution in [1.82, 2.24) is 10.6 Å². The summed E-state index contributed by atoms with van der Waals surface area (Å²) >= 11 is 0. The highest BCUT2D eigenvalue weighted by molar-refractivity contribution is 5.34. The van der Waals surface area contributed by atoms with Gasteiger partial charge in [0, 0.05) is 23.7 Å². The Morgan fingerprint density at radius 1 is 1.00 bits per heavy atom. The van der Waals surface area contributed by atoms with E-state index in [0.29, 0.717) is 6.54 Å². The Morgan fingerprint density at radius 2 is 1.71 bits per heavy atom. The van der Waals surface area contributed by atoms with E-state index in [-0.39, 0.29) is 17.1 Å². The molecule has 3 N–H and O–H groups in total. The van der Waals surface area contributed by atoms with Gasteiger partial charge in [-0.25, -0.2) is 0 Å². The van der Waals surface area contributed by atoms with Crippen LogP contribution in [0.3, 0.4) is 0 Å². The van der Waals surface area contributed by atoms with Crippen LogP contribution >= 0.6 is 0 Å².